The molecule has 2 N–H and O–H groups in total. The molecule has 2 atom stereocenters. The fraction of sp³-hybridized carbons (Fsp3) is 0.357. The lowest BCUT2D eigenvalue weighted by Gasteiger charge is -2.19. The summed E-state index contributed by atoms with van der Waals surface area (Å²) in [7, 11) is 1.13. The van der Waals surface area contributed by atoms with E-state index in [1.807, 2.05) is 0 Å². The summed E-state index contributed by atoms with van der Waals surface area (Å²) in [6, 6.07) is 8.69. The van der Waals surface area contributed by atoms with Crippen molar-refractivity contribution in [3.05, 3.63) is 35.9 Å². The quantitative estimate of drug-likeness (QED) is 0.728. The summed E-state index contributed by atoms with van der Waals surface area (Å²) in [6.07, 6.45) is -0.417. The smallest absolute Gasteiger partial charge is 0.307 e. The molecule has 0 aliphatic carbocycles. The maximum atomic E-state index is 11.3. The van der Waals surface area contributed by atoms with Gasteiger partial charge in [0.2, 0.25) is 0 Å². The maximum Gasteiger partial charge on any atom is 0.307 e. The molecule has 1 aromatic carbocycles. The van der Waals surface area contributed by atoms with Gasteiger partial charge in [0.05, 0.1) is 25.4 Å². The van der Waals surface area contributed by atoms with Crippen LogP contribution in [0.5, 0.6) is 0 Å². The molecule has 0 aromatic heterocycles. The van der Waals surface area contributed by atoms with Gasteiger partial charge in [0.1, 0.15) is 0 Å². The second-order valence-corrected chi connectivity index (χ2v) is 4.36. The fourth-order valence-corrected chi connectivity index (χ4v) is 1.93. The van der Waals surface area contributed by atoms with Crippen LogP contribution in [0.1, 0.15) is 12.0 Å². The third-order valence-electron chi connectivity index (χ3n) is 3.03. The Hall–Kier alpha value is -2.37. The lowest BCUT2D eigenvalue weighted by Crippen LogP contribution is -2.33. The van der Waals surface area contributed by atoms with Crippen LogP contribution in [0.15, 0.2) is 30.3 Å². The molecule has 0 saturated carbocycles. The molecule has 0 heterocycles. The largest absolute Gasteiger partial charge is 0.481 e. The second kappa shape index (κ2) is 7.28. The highest BCUT2D eigenvalue weighted by atomic mass is 16.5. The summed E-state index contributed by atoms with van der Waals surface area (Å²) in [5.41, 5.74) is 0.705. The van der Waals surface area contributed by atoms with Crippen molar-refractivity contribution >= 4 is 17.9 Å². The van der Waals surface area contributed by atoms with Crippen LogP contribution in [-0.2, 0) is 25.5 Å². The maximum absolute atomic E-state index is 11.3. The van der Waals surface area contributed by atoms with Crippen molar-refractivity contribution in [3.8, 4) is 0 Å². The van der Waals surface area contributed by atoms with E-state index in [-0.39, 0.29) is 6.42 Å². The summed E-state index contributed by atoms with van der Waals surface area (Å²) in [4.78, 5) is 33.7. The number of carbonyl (C=O) groups excluding carboxylic acids is 1. The summed E-state index contributed by atoms with van der Waals surface area (Å²) in [6.45, 7) is 0. The van der Waals surface area contributed by atoms with Crippen LogP contribution in [0.4, 0.5) is 0 Å². The van der Waals surface area contributed by atoms with Gasteiger partial charge in [-0.15, -0.1) is 0 Å². The highest BCUT2D eigenvalue weighted by Crippen LogP contribution is 2.22. The third kappa shape index (κ3) is 4.38. The average Bonchev–Trinajstić information content (AvgIpc) is 2.42. The number of carbonyl (C=O) groups is 3. The molecule has 1 rings (SSSR count). The zero-order chi connectivity index (χ0) is 15.1. The lowest BCUT2D eigenvalue weighted by molar-refractivity contribution is -0.157. The van der Waals surface area contributed by atoms with Crippen LogP contribution in [-0.4, -0.2) is 35.2 Å². The van der Waals surface area contributed by atoms with Crippen molar-refractivity contribution in [2.75, 3.05) is 7.11 Å². The second-order valence-electron chi connectivity index (χ2n) is 4.36. The summed E-state index contributed by atoms with van der Waals surface area (Å²) < 4.78 is 4.42. The average molecular weight is 280 g/mol. The van der Waals surface area contributed by atoms with Crippen molar-refractivity contribution in [2.45, 2.75) is 12.8 Å². The van der Waals surface area contributed by atoms with Crippen LogP contribution in [0.2, 0.25) is 0 Å². The fourth-order valence-electron chi connectivity index (χ4n) is 1.93. The summed E-state index contributed by atoms with van der Waals surface area (Å²) >= 11 is 0. The molecular formula is C14H16O6. The van der Waals surface area contributed by atoms with E-state index in [9.17, 15) is 19.5 Å². The predicted octanol–water partition coefficient (Wildman–Crippen LogP) is 1.19. The SMILES string of the molecule is COC(=O)C[C@H](C(=O)O)[C@H](Cc1ccccc1)C(=O)O. The van der Waals surface area contributed by atoms with E-state index in [4.69, 9.17) is 5.11 Å². The molecular weight excluding hydrogens is 264 g/mol. The Morgan fingerprint density at radius 1 is 1.05 bits per heavy atom. The lowest BCUT2D eigenvalue weighted by atomic mass is 9.84. The Morgan fingerprint density at radius 2 is 1.60 bits per heavy atom. The number of carboxylic acid groups (broad SMARTS) is 2. The van der Waals surface area contributed by atoms with Gasteiger partial charge in [0.15, 0.2) is 0 Å². The van der Waals surface area contributed by atoms with Gasteiger partial charge in [-0.2, -0.15) is 0 Å². The van der Waals surface area contributed by atoms with Crippen molar-refractivity contribution in [1.29, 1.82) is 0 Å². The Kier molecular flexibility index (Phi) is 5.71. The van der Waals surface area contributed by atoms with Gasteiger partial charge >= 0.3 is 17.9 Å². The van der Waals surface area contributed by atoms with Crippen molar-refractivity contribution in [2.24, 2.45) is 11.8 Å². The molecule has 0 aliphatic rings. The molecule has 1 aromatic rings. The Bertz CT molecular complexity index is 482. The Morgan fingerprint density at radius 3 is 2.05 bits per heavy atom. The van der Waals surface area contributed by atoms with Crippen LogP contribution in [0.3, 0.4) is 0 Å². The monoisotopic (exact) mass is 280 g/mol. The van der Waals surface area contributed by atoms with Gasteiger partial charge in [0, 0.05) is 0 Å². The predicted molar refractivity (Wildman–Crippen MR) is 69.0 cm³/mol. The Balaban J connectivity index is 2.94. The van der Waals surface area contributed by atoms with E-state index in [1.165, 1.54) is 0 Å². The van der Waals surface area contributed by atoms with E-state index in [2.05, 4.69) is 4.74 Å². The van der Waals surface area contributed by atoms with Gasteiger partial charge in [-0.1, -0.05) is 30.3 Å². The minimum absolute atomic E-state index is 0.0458. The van der Waals surface area contributed by atoms with Gasteiger partial charge < -0.3 is 14.9 Å². The number of carboxylic acids is 2. The summed E-state index contributed by atoms with van der Waals surface area (Å²) in [5, 5.41) is 18.4. The van der Waals surface area contributed by atoms with Crippen molar-refractivity contribution < 1.29 is 29.3 Å². The molecule has 0 spiro atoms. The van der Waals surface area contributed by atoms with Crippen molar-refractivity contribution in [1.82, 2.24) is 0 Å². The minimum Gasteiger partial charge on any atom is -0.481 e. The molecule has 6 nitrogen and oxygen atoms in total. The number of methoxy groups -OCH3 is 1. The number of benzene rings is 1. The third-order valence-corrected chi connectivity index (χ3v) is 3.03. The zero-order valence-electron chi connectivity index (χ0n) is 11.0. The number of rotatable bonds is 7. The van der Waals surface area contributed by atoms with Gasteiger partial charge in [0.25, 0.3) is 0 Å². The first-order valence-electron chi connectivity index (χ1n) is 6.02. The van der Waals surface area contributed by atoms with E-state index in [1.54, 1.807) is 30.3 Å². The van der Waals surface area contributed by atoms with Crippen LogP contribution in [0, 0.1) is 11.8 Å². The van der Waals surface area contributed by atoms with Gasteiger partial charge in [-0.05, 0) is 12.0 Å². The summed E-state index contributed by atoms with van der Waals surface area (Å²) in [5.74, 6) is -5.81. The van der Waals surface area contributed by atoms with Crippen LogP contribution in [0.25, 0.3) is 0 Å². The molecule has 108 valence electrons. The molecule has 0 radical (unpaired) electrons. The number of aliphatic carboxylic acids is 2. The molecule has 0 amide bonds. The first-order valence-corrected chi connectivity index (χ1v) is 6.02. The van der Waals surface area contributed by atoms with Crippen LogP contribution >= 0.6 is 0 Å². The van der Waals surface area contributed by atoms with Gasteiger partial charge in [-0.25, -0.2) is 0 Å². The van der Waals surface area contributed by atoms with E-state index in [0.717, 1.165) is 7.11 Å². The standard InChI is InChI=1S/C14H16O6/c1-20-12(15)8-11(14(18)19)10(13(16)17)7-9-5-3-2-4-6-9/h2-6,10-11H,7-8H2,1H3,(H,16,17)(H,18,19)/t10-,11-/m0/s1. The molecule has 20 heavy (non-hydrogen) atoms. The first-order chi connectivity index (χ1) is 9.45. The molecule has 0 unspecified atom stereocenters. The number of hydrogen-bond acceptors (Lipinski definition) is 4. The molecule has 0 fully saturated rings. The molecule has 6 heteroatoms. The normalized spacial score (nSPS) is 13.2. The number of hydrogen-bond donors (Lipinski definition) is 2. The Labute approximate surface area is 116 Å². The van der Waals surface area contributed by atoms with Crippen LogP contribution < -0.4 is 0 Å². The van der Waals surface area contributed by atoms with E-state index >= 15 is 0 Å². The van der Waals surface area contributed by atoms with Gasteiger partial charge in [-0.3, -0.25) is 14.4 Å². The highest BCUT2D eigenvalue weighted by Gasteiger charge is 2.35. The first kappa shape index (κ1) is 15.7. The topological polar surface area (TPSA) is 101 Å². The number of ether oxygens (including phenoxy) is 1. The number of esters is 1. The molecule has 0 aliphatic heterocycles. The van der Waals surface area contributed by atoms with Crippen molar-refractivity contribution in [3.63, 3.8) is 0 Å². The molecule has 0 bridgehead atoms. The zero-order valence-corrected chi connectivity index (χ0v) is 11.0. The van der Waals surface area contributed by atoms with E-state index in [0.29, 0.717) is 5.56 Å². The highest BCUT2D eigenvalue weighted by molar-refractivity contribution is 5.84. The van der Waals surface area contributed by atoms with E-state index < -0.39 is 36.2 Å². The minimum atomic E-state index is -1.32. The molecule has 0 saturated heterocycles.